The van der Waals surface area contributed by atoms with E-state index < -0.39 is 0 Å². The molecule has 2 aliphatic heterocycles. The largest absolute Gasteiger partial charge is 0.378 e. The summed E-state index contributed by atoms with van der Waals surface area (Å²) in [4.78, 5) is 28.3. The van der Waals surface area contributed by atoms with Crippen LogP contribution in [0.1, 0.15) is 30.9 Å². The fraction of sp³-hybridized carbons (Fsp3) is 0.579. The highest BCUT2D eigenvalue weighted by Crippen LogP contribution is 2.18. The molecular weight excluding hydrogens is 318 g/mol. The zero-order chi connectivity index (χ0) is 17.6. The van der Waals surface area contributed by atoms with Crippen LogP contribution in [-0.4, -0.2) is 60.6 Å². The predicted octanol–water partition coefficient (Wildman–Crippen LogP) is 1.78. The van der Waals surface area contributed by atoms with Crippen molar-refractivity contribution in [1.82, 2.24) is 15.1 Å². The van der Waals surface area contributed by atoms with E-state index in [2.05, 4.69) is 17.4 Å². The molecule has 0 spiro atoms. The van der Waals surface area contributed by atoms with Gasteiger partial charge in [0.15, 0.2) is 0 Å². The fourth-order valence-electron chi connectivity index (χ4n) is 3.54. The summed E-state index contributed by atoms with van der Waals surface area (Å²) in [6, 6.07) is 8.06. The molecule has 25 heavy (non-hydrogen) atoms. The molecule has 0 bridgehead atoms. The molecule has 0 aliphatic carbocycles. The Kier molecular flexibility index (Phi) is 5.91. The van der Waals surface area contributed by atoms with E-state index in [1.54, 1.807) is 4.90 Å². The van der Waals surface area contributed by atoms with E-state index in [9.17, 15) is 9.59 Å². The molecule has 6 heteroatoms. The second kappa shape index (κ2) is 8.34. The van der Waals surface area contributed by atoms with Gasteiger partial charge in [0.25, 0.3) is 0 Å². The van der Waals surface area contributed by atoms with Crippen LogP contribution in [0.3, 0.4) is 0 Å². The summed E-state index contributed by atoms with van der Waals surface area (Å²) in [6.07, 6.45) is 2.85. The summed E-state index contributed by atoms with van der Waals surface area (Å²) < 4.78 is 5.60. The van der Waals surface area contributed by atoms with Crippen LogP contribution in [0.25, 0.3) is 0 Å². The highest BCUT2D eigenvalue weighted by molar-refractivity contribution is 5.84. The van der Waals surface area contributed by atoms with Crippen LogP contribution in [0.15, 0.2) is 24.3 Å². The lowest BCUT2D eigenvalue weighted by Gasteiger charge is -2.32. The van der Waals surface area contributed by atoms with Crippen LogP contribution in [0.5, 0.6) is 0 Å². The summed E-state index contributed by atoms with van der Waals surface area (Å²) in [5.41, 5.74) is 2.51. The van der Waals surface area contributed by atoms with Gasteiger partial charge in [0.05, 0.1) is 12.6 Å². The Morgan fingerprint density at radius 2 is 1.84 bits per heavy atom. The Morgan fingerprint density at radius 1 is 1.12 bits per heavy atom. The summed E-state index contributed by atoms with van der Waals surface area (Å²) in [5, 5.41) is 2.78. The summed E-state index contributed by atoms with van der Waals surface area (Å²) >= 11 is 0. The second-order valence-corrected chi connectivity index (χ2v) is 6.63. The minimum absolute atomic E-state index is 0.0212. The van der Waals surface area contributed by atoms with Gasteiger partial charge in [-0.2, -0.15) is 0 Å². The normalized spacial score (nSPS) is 18.0. The average molecular weight is 345 g/mol. The van der Waals surface area contributed by atoms with Crippen LogP contribution in [0.2, 0.25) is 0 Å². The summed E-state index contributed by atoms with van der Waals surface area (Å²) in [7, 11) is 0. The Morgan fingerprint density at radius 3 is 2.56 bits per heavy atom. The van der Waals surface area contributed by atoms with Crippen molar-refractivity contribution in [3.63, 3.8) is 0 Å². The number of nitrogens with zero attached hydrogens (tertiary/aromatic N) is 2. The van der Waals surface area contributed by atoms with E-state index in [-0.39, 0.29) is 24.6 Å². The second-order valence-electron chi connectivity index (χ2n) is 6.63. The molecule has 3 rings (SSSR count). The van der Waals surface area contributed by atoms with Gasteiger partial charge in [-0.05, 0) is 37.3 Å². The molecule has 6 nitrogen and oxygen atoms in total. The van der Waals surface area contributed by atoms with Crippen molar-refractivity contribution in [2.24, 2.45) is 0 Å². The quantitative estimate of drug-likeness (QED) is 0.905. The van der Waals surface area contributed by atoms with Gasteiger partial charge in [0.1, 0.15) is 0 Å². The van der Waals surface area contributed by atoms with Gasteiger partial charge >= 0.3 is 6.03 Å². The zero-order valence-corrected chi connectivity index (χ0v) is 14.9. The third kappa shape index (κ3) is 4.51. The lowest BCUT2D eigenvalue weighted by Crippen LogP contribution is -2.49. The predicted molar refractivity (Wildman–Crippen MR) is 95.2 cm³/mol. The molecule has 1 aromatic rings. The first-order chi connectivity index (χ1) is 12.2. The number of rotatable bonds is 4. The monoisotopic (exact) mass is 345 g/mol. The van der Waals surface area contributed by atoms with Gasteiger partial charge in [0.2, 0.25) is 5.91 Å². The number of piperidine rings is 1. The van der Waals surface area contributed by atoms with E-state index in [1.165, 1.54) is 11.1 Å². The lowest BCUT2D eigenvalue weighted by atomic mass is 10.00. The van der Waals surface area contributed by atoms with Gasteiger partial charge in [0, 0.05) is 32.8 Å². The van der Waals surface area contributed by atoms with E-state index in [0.29, 0.717) is 32.8 Å². The van der Waals surface area contributed by atoms with Crippen molar-refractivity contribution in [2.45, 2.75) is 38.8 Å². The molecule has 0 aromatic heterocycles. The Balaban J connectivity index is 1.43. The maximum Gasteiger partial charge on any atom is 0.317 e. The summed E-state index contributed by atoms with van der Waals surface area (Å²) in [6.45, 7) is 5.47. The molecule has 2 heterocycles. The van der Waals surface area contributed by atoms with E-state index >= 15 is 0 Å². The maximum absolute atomic E-state index is 12.4. The van der Waals surface area contributed by atoms with E-state index in [4.69, 9.17) is 4.74 Å². The first-order valence-electron chi connectivity index (χ1n) is 9.16. The Labute approximate surface area is 149 Å². The molecular formula is C19H27N3O3. The molecule has 3 amide bonds. The topological polar surface area (TPSA) is 61.9 Å². The molecule has 0 unspecified atom stereocenters. The third-order valence-corrected chi connectivity index (χ3v) is 5.01. The SMILES string of the molecule is CCOC1CCN(C(=O)NCC(=O)N2CCc3ccccc3C2)CC1. The number of ether oxygens (including phenoxy) is 1. The molecule has 0 saturated carbocycles. The van der Waals surface area contributed by atoms with Crippen molar-refractivity contribution >= 4 is 11.9 Å². The maximum atomic E-state index is 12.4. The molecule has 136 valence electrons. The first kappa shape index (κ1) is 17.7. The number of amides is 3. The van der Waals surface area contributed by atoms with Gasteiger partial charge in [-0.15, -0.1) is 0 Å². The molecule has 1 saturated heterocycles. The Bertz CT molecular complexity index is 612. The number of hydrogen-bond acceptors (Lipinski definition) is 3. The minimum Gasteiger partial charge on any atom is -0.378 e. The number of carbonyl (C=O) groups is 2. The number of hydrogen-bond donors (Lipinski definition) is 1. The van der Waals surface area contributed by atoms with Crippen LogP contribution < -0.4 is 5.32 Å². The van der Waals surface area contributed by atoms with Gasteiger partial charge in [-0.3, -0.25) is 4.79 Å². The van der Waals surface area contributed by atoms with Crippen LogP contribution in [0, 0.1) is 0 Å². The van der Waals surface area contributed by atoms with Crippen molar-refractivity contribution in [3.8, 4) is 0 Å². The molecule has 0 radical (unpaired) electrons. The molecule has 1 aromatic carbocycles. The first-order valence-corrected chi connectivity index (χ1v) is 9.16. The van der Waals surface area contributed by atoms with Gasteiger partial charge < -0.3 is 19.9 Å². The Hall–Kier alpha value is -2.08. The fourth-order valence-corrected chi connectivity index (χ4v) is 3.54. The molecule has 1 fully saturated rings. The number of nitrogens with one attached hydrogen (secondary N) is 1. The average Bonchev–Trinajstić information content (AvgIpc) is 2.66. The molecule has 0 atom stereocenters. The van der Waals surface area contributed by atoms with Crippen LogP contribution in [-0.2, 0) is 22.5 Å². The van der Waals surface area contributed by atoms with Gasteiger partial charge in [-0.25, -0.2) is 4.79 Å². The highest BCUT2D eigenvalue weighted by Gasteiger charge is 2.24. The van der Waals surface area contributed by atoms with Crippen LogP contribution in [0.4, 0.5) is 4.79 Å². The summed E-state index contributed by atoms with van der Waals surface area (Å²) in [5.74, 6) is -0.0212. The molecule has 1 N–H and O–H groups in total. The highest BCUT2D eigenvalue weighted by atomic mass is 16.5. The van der Waals surface area contributed by atoms with E-state index in [0.717, 1.165) is 19.3 Å². The zero-order valence-electron chi connectivity index (χ0n) is 14.9. The van der Waals surface area contributed by atoms with Crippen LogP contribution >= 0.6 is 0 Å². The van der Waals surface area contributed by atoms with Crippen molar-refractivity contribution < 1.29 is 14.3 Å². The van der Waals surface area contributed by atoms with Gasteiger partial charge in [-0.1, -0.05) is 24.3 Å². The third-order valence-electron chi connectivity index (χ3n) is 5.01. The number of benzene rings is 1. The molecule has 2 aliphatic rings. The number of likely N-dealkylation sites (tertiary alicyclic amines) is 1. The number of urea groups is 1. The minimum atomic E-state index is -0.152. The number of carbonyl (C=O) groups excluding carboxylic acids is 2. The van der Waals surface area contributed by atoms with Crippen molar-refractivity contribution in [3.05, 3.63) is 35.4 Å². The van der Waals surface area contributed by atoms with Crippen molar-refractivity contribution in [1.29, 1.82) is 0 Å². The van der Waals surface area contributed by atoms with Crippen molar-refractivity contribution in [2.75, 3.05) is 32.8 Å². The lowest BCUT2D eigenvalue weighted by molar-refractivity contribution is -0.131. The standard InChI is InChI=1S/C19H27N3O3/c1-2-25-17-8-11-21(12-9-17)19(24)20-13-18(23)22-10-7-15-5-3-4-6-16(15)14-22/h3-6,17H,2,7-14H2,1H3,(H,20,24). The van der Waals surface area contributed by atoms with E-state index in [1.807, 2.05) is 24.0 Å². The smallest absolute Gasteiger partial charge is 0.317 e. The number of fused-ring (bicyclic) bond motifs is 1.